The molecule has 2 aliphatic rings. The number of likely N-dealkylation sites (N-methyl/N-ethyl adjacent to an activating group) is 1. The van der Waals surface area contributed by atoms with Crippen molar-refractivity contribution >= 4 is 36.7 Å². The van der Waals surface area contributed by atoms with Gasteiger partial charge >= 0.3 is 0 Å². The van der Waals surface area contributed by atoms with Gasteiger partial charge in [-0.25, -0.2) is 18.8 Å². The molecule has 4 heterocycles. The van der Waals surface area contributed by atoms with Crippen LogP contribution in [0.25, 0.3) is 22.2 Å². The van der Waals surface area contributed by atoms with Gasteiger partial charge in [0.25, 0.3) is 11.9 Å². The van der Waals surface area contributed by atoms with Crippen LogP contribution in [0.2, 0.25) is 25.7 Å². The van der Waals surface area contributed by atoms with E-state index in [4.69, 9.17) is 23.7 Å². The number of pyridine rings is 1. The zero-order valence-electron chi connectivity index (χ0n) is 29.1. The van der Waals surface area contributed by atoms with Crippen LogP contribution in [0.15, 0.2) is 59.9 Å². The number of aromatic nitrogens is 2. The van der Waals surface area contributed by atoms with Crippen LogP contribution in [-0.4, -0.2) is 94.7 Å². The van der Waals surface area contributed by atoms with Crippen molar-refractivity contribution in [2.24, 2.45) is 10.4 Å². The lowest BCUT2D eigenvalue weighted by Crippen LogP contribution is -2.51. The summed E-state index contributed by atoms with van der Waals surface area (Å²) in [5.41, 5.74) is 2.51. The van der Waals surface area contributed by atoms with Crippen LogP contribution >= 0.6 is 0 Å². The van der Waals surface area contributed by atoms with Crippen molar-refractivity contribution in [3.63, 3.8) is 0 Å². The van der Waals surface area contributed by atoms with Gasteiger partial charge in [0.15, 0.2) is 17.4 Å². The first kappa shape index (κ1) is 35.5. The third-order valence-corrected chi connectivity index (χ3v) is 10.4. The molecule has 1 N–H and O–H groups in total. The number of hydrogen-bond donors (Lipinski definition) is 1. The smallest absolute Gasteiger partial charge is 0.289 e. The molecule has 1 saturated heterocycles. The van der Waals surface area contributed by atoms with E-state index in [-0.39, 0.29) is 35.5 Å². The van der Waals surface area contributed by atoms with Gasteiger partial charge in [0.2, 0.25) is 0 Å². The van der Waals surface area contributed by atoms with Gasteiger partial charge < -0.3 is 38.5 Å². The highest BCUT2D eigenvalue weighted by Gasteiger charge is 2.42. The summed E-state index contributed by atoms with van der Waals surface area (Å²) in [4.78, 5) is 23.5. The van der Waals surface area contributed by atoms with Gasteiger partial charge in [-0.2, -0.15) is 0 Å². The lowest BCUT2D eigenvalue weighted by Gasteiger charge is -2.41. The molecule has 14 heteroatoms. The number of carbonyl (C=O) groups is 1. The van der Waals surface area contributed by atoms with Crippen LogP contribution in [0.4, 0.5) is 14.5 Å². The molecule has 0 saturated carbocycles. The van der Waals surface area contributed by atoms with Gasteiger partial charge in [0.1, 0.15) is 24.7 Å². The molecular formula is C36H43F2N5O6Si. The lowest BCUT2D eigenvalue weighted by molar-refractivity contribution is -0.132. The Kier molecular flexibility index (Phi) is 10.5. The normalized spacial score (nSPS) is 15.4. The number of ether oxygens (including phenoxy) is 5. The summed E-state index contributed by atoms with van der Waals surface area (Å²) in [6.07, 6.45) is 3.41. The number of carbonyl (C=O) groups excluding carboxylic acids is 1. The minimum atomic E-state index is -1.31. The molecule has 2 aromatic carbocycles. The predicted octanol–water partition coefficient (Wildman–Crippen LogP) is 6.62. The molecule has 0 atom stereocenters. The van der Waals surface area contributed by atoms with E-state index in [0.29, 0.717) is 68.3 Å². The number of nitrogens with one attached hydrogen (secondary N) is 1. The molecule has 1 fully saturated rings. The Morgan fingerprint density at radius 1 is 1.08 bits per heavy atom. The van der Waals surface area contributed by atoms with Crippen LogP contribution in [0.5, 0.6) is 11.5 Å². The van der Waals surface area contributed by atoms with Gasteiger partial charge in [0.05, 0.1) is 37.2 Å². The maximum absolute atomic E-state index is 15.5. The Morgan fingerprint density at radius 2 is 1.82 bits per heavy atom. The fourth-order valence-electron chi connectivity index (χ4n) is 5.63. The average Bonchev–Trinajstić information content (AvgIpc) is 3.45. The zero-order valence-corrected chi connectivity index (χ0v) is 30.1. The number of amides is 1. The number of benzene rings is 2. The van der Waals surface area contributed by atoms with E-state index in [1.165, 1.54) is 6.20 Å². The Labute approximate surface area is 291 Å². The van der Waals surface area contributed by atoms with Crippen molar-refractivity contribution in [1.82, 2.24) is 14.5 Å². The molecule has 0 aliphatic carbocycles. The zero-order chi connectivity index (χ0) is 35.5. The lowest BCUT2D eigenvalue weighted by atomic mass is 9.87. The first-order valence-corrected chi connectivity index (χ1v) is 20.3. The summed E-state index contributed by atoms with van der Waals surface area (Å²) in [6.45, 7) is 10.6. The molecule has 50 heavy (non-hydrogen) atoms. The number of amidine groups is 1. The molecule has 4 aromatic rings. The standard InChI is InChI=1S/C36H43F2N5O6Si/c1-42(12-13-45-2)34(44)25-8-6-24(7-9-25)27-18-43(23-46-14-15-50(3,4)5)33-31(27)30(10-11-39-33)49-32-28(37)16-26(17-29(32)38)41-35-40-19-36(22-48-35)20-47-21-36/h6-11,16-18H,12-15,19-23H2,1-5H3,(H,40,41). The van der Waals surface area contributed by atoms with Crippen molar-refractivity contribution in [3.8, 4) is 22.6 Å². The molecular weight excluding hydrogens is 665 g/mol. The van der Waals surface area contributed by atoms with E-state index in [1.807, 2.05) is 22.9 Å². The van der Waals surface area contributed by atoms with E-state index in [2.05, 4.69) is 34.9 Å². The third-order valence-electron chi connectivity index (χ3n) is 8.72. The van der Waals surface area contributed by atoms with Gasteiger partial charge in [-0.05, 0) is 29.8 Å². The molecule has 1 amide bonds. The Balaban J connectivity index is 1.29. The highest BCUT2D eigenvalue weighted by Crippen LogP contribution is 2.40. The number of nitrogens with zero attached hydrogens (tertiary/aromatic N) is 4. The van der Waals surface area contributed by atoms with Crippen LogP contribution in [0.3, 0.4) is 0 Å². The van der Waals surface area contributed by atoms with Gasteiger partial charge in [0, 0.05) is 76.7 Å². The van der Waals surface area contributed by atoms with Gasteiger partial charge in [-0.1, -0.05) is 31.8 Å². The fourth-order valence-corrected chi connectivity index (χ4v) is 6.39. The largest absolute Gasteiger partial charge is 0.464 e. The van der Waals surface area contributed by atoms with Crippen LogP contribution in [-0.2, 0) is 25.7 Å². The summed E-state index contributed by atoms with van der Waals surface area (Å²) in [7, 11) is 2.00. The fraction of sp³-hybridized carbons (Fsp3) is 0.417. The topological polar surface area (TPSA) is 109 Å². The molecule has 2 aliphatic heterocycles. The molecule has 11 nitrogen and oxygen atoms in total. The average molecular weight is 708 g/mol. The molecule has 0 radical (unpaired) electrons. The predicted molar refractivity (Wildman–Crippen MR) is 190 cm³/mol. The van der Waals surface area contributed by atoms with Crippen molar-refractivity contribution in [3.05, 3.63) is 72.1 Å². The molecule has 6 rings (SSSR count). The van der Waals surface area contributed by atoms with Crippen molar-refractivity contribution in [2.75, 3.05) is 65.6 Å². The van der Waals surface area contributed by atoms with Gasteiger partial charge in [-0.3, -0.25) is 4.79 Å². The second-order valence-corrected chi connectivity index (χ2v) is 19.7. The molecule has 266 valence electrons. The van der Waals surface area contributed by atoms with E-state index >= 15 is 8.78 Å². The first-order chi connectivity index (χ1) is 23.9. The van der Waals surface area contributed by atoms with E-state index < -0.39 is 25.5 Å². The number of methoxy groups -OCH3 is 1. The van der Waals surface area contributed by atoms with Crippen molar-refractivity contribution in [2.45, 2.75) is 32.4 Å². The van der Waals surface area contributed by atoms with E-state index in [9.17, 15) is 4.79 Å². The summed E-state index contributed by atoms with van der Waals surface area (Å²) in [5, 5.41) is 3.40. The van der Waals surface area contributed by atoms with Crippen molar-refractivity contribution < 1.29 is 37.3 Å². The van der Waals surface area contributed by atoms with E-state index in [1.54, 1.807) is 37.3 Å². The van der Waals surface area contributed by atoms with Gasteiger partial charge in [-0.15, -0.1) is 0 Å². The molecule has 1 spiro atoms. The maximum Gasteiger partial charge on any atom is 0.289 e. The third kappa shape index (κ3) is 7.99. The maximum atomic E-state index is 15.5. The monoisotopic (exact) mass is 707 g/mol. The summed E-state index contributed by atoms with van der Waals surface area (Å²) < 4.78 is 61.1. The minimum absolute atomic E-state index is 0.118. The molecule has 2 aromatic heterocycles. The number of aliphatic imine (C=N–C) groups is 1. The summed E-state index contributed by atoms with van der Waals surface area (Å²) >= 11 is 0. The quantitative estimate of drug-likeness (QED) is 0.122. The molecule has 0 unspecified atom stereocenters. The first-order valence-electron chi connectivity index (χ1n) is 16.5. The minimum Gasteiger partial charge on any atom is -0.464 e. The van der Waals surface area contributed by atoms with Crippen LogP contribution in [0.1, 0.15) is 10.4 Å². The number of halogens is 2. The summed E-state index contributed by atoms with van der Waals surface area (Å²) in [5.74, 6) is -2.31. The number of anilines is 1. The second kappa shape index (κ2) is 14.9. The highest BCUT2D eigenvalue weighted by molar-refractivity contribution is 6.76. The van der Waals surface area contributed by atoms with Crippen LogP contribution < -0.4 is 10.1 Å². The Bertz CT molecular complexity index is 1850. The number of hydrogen-bond acceptors (Lipinski definition) is 9. The number of rotatable bonds is 13. The second-order valence-electron chi connectivity index (χ2n) is 14.1. The molecule has 0 bridgehead atoms. The van der Waals surface area contributed by atoms with E-state index in [0.717, 1.165) is 23.7 Å². The Hall–Kier alpha value is -4.37. The number of fused-ring (bicyclic) bond motifs is 1. The van der Waals surface area contributed by atoms with Crippen molar-refractivity contribution in [1.29, 1.82) is 0 Å². The SMILES string of the molecule is COCCN(C)C(=O)c1ccc(-c2cn(COCC[Si](C)(C)C)c3nccc(Oc4c(F)cc(NC5=NCC6(COC6)CO5)cc4F)c23)cc1. The summed E-state index contributed by atoms with van der Waals surface area (Å²) in [6, 6.07) is 12.2. The van der Waals surface area contributed by atoms with Crippen LogP contribution in [0, 0.1) is 17.0 Å². The Morgan fingerprint density at radius 3 is 2.44 bits per heavy atom. The highest BCUT2D eigenvalue weighted by atomic mass is 28.3.